The molecule has 0 fully saturated rings. The lowest BCUT2D eigenvalue weighted by Gasteiger charge is -2.23. The van der Waals surface area contributed by atoms with Crippen LogP contribution in [-0.2, 0) is 4.79 Å². The second-order valence-electron chi connectivity index (χ2n) is 6.50. The van der Waals surface area contributed by atoms with Gasteiger partial charge in [-0.1, -0.05) is 78.4 Å². The van der Waals surface area contributed by atoms with Crippen LogP contribution in [0.15, 0.2) is 84.9 Å². The van der Waals surface area contributed by atoms with Gasteiger partial charge in [-0.15, -0.1) is 0 Å². The molecule has 0 aliphatic carbocycles. The second-order valence-corrected chi connectivity index (χ2v) is 6.50. The van der Waals surface area contributed by atoms with Gasteiger partial charge in [-0.2, -0.15) is 0 Å². The molecule has 0 radical (unpaired) electrons. The lowest BCUT2D eigenvalue weighted by Crippen LogP contribution is -2.34. The summed E-state index contributed by atoms with van der Waals surface area (Å²) in [5.41, 5.74) is 4.06. The van der Waals surface area contributed by atoms with Crippen molar-refractivity contribution in [1.29, 1.82) is 0 Å². The Kier molecular flexibility index (Phi) is 5.82. The van der Waals surface area contributed by atoms with Gasteiger partial charge >= 0.3 is 0 Å². The lowest BCUT2D eigenvalue weighted by molar-refractivity contribution is -0.118. The Morgan fingerprint density at radius 2 is 1.31 bits per heavy atom. The molecular formula is C23H24N2O. The third-order valence-corrected chi connectivity index (χ3v) is 4.43. The maximum atomic E-state index is 13.0. The number of amides is 1. The van der Waals surface area contributed by atoms with E-state index >= 15 is 0 Å². The van der Waals surface area contributed by atoms with Gasteiger partial charge < -0.3 is 5.32 Å². The molecule has 132 valence electrons. The number of aryl methyl sites for hydroxylation is 1. The normalized spacial score (nSPS) is 13.0. The van der Waals surface area contributed by atoms with Crippen molar-refractivity contribution in [2.45, 2.75) is 25.9 Å². The van der Waals surface area contributed by atoms with E-state index in [0.717, 1.165) is 16.8 Å². The summed E-state index contributed by atoms with van der Waals surface area (Å²) in [5, 5.41) is 6.49. The van der Waals surface area contributed by atoms with Crippen LogP contribution >= 0.6 is 0 Å². The molecule has 0 bridgehead atoms. The van der Waals surface area contributed by atoms with Crippen LogP contribution in [0.25, 0.3) is 0 Å². The van der Waals surface area contributed by atoms with E-state index in [-0.39, 0.29) is 11.9 Å². The molecule has 3 aromatic carbocycles. The van der Waals surface area contributed by atoms with Crippen LogP contribution in [0.4, 0.5) is 5.69 Å². The topological polar surface area (TPSA) is 41.1 Å². The first kappa shape index (κ1) is 17.9. The largest absolute Gasteiger partial charge is 0.324 e. The van der Waals surface area contributed by atoms with Crippen molar-refractivity contribution >= 4 is 11.6 Å². The van der Waals surface area contributed by atoms with Gasteiger partial charge in [-0.3, -0.25) is 10.1 Å². The zero-order chi connectivity index (χ0) is 18.4. The first-order valence-electron chi connectivity index (χ1n) is 8.87. The van der Waals surface area contributed by atoms with Crippen molar-refractivity contribution < 1.29 is 4.79 Å². The maximum absolute atomic E-state index is 13.0. The number of anilines is 1. The Morgan fingerprint density at radius 1 is 0.769 bits per heavy atom. The fourth-order valence-corrected chi connectivity index (χ4v) is 2.91. The Balaban J connectivity index is 1.81. The van der Waals surface area contributed by atoms with Crippen LogP contribution in [0.3, 0.4) is 0 Å². The van der Waals surface area contributed by atoms with E-state index in [2.05, 4.69) is 29.7 Å². The Bertz CT molecular complexity index is 829. The predicted molar refractivity (Wildman–Crippen MR) is 107 cm³/mol. The van der Waals surface area contributed by atoms with E-state index in [1.54, 1.807) is 0 Å². The summed E-state index contributed by atoms with van der Waals surface area (Å²) in [4.78, 5) is 13.0. The van der Waals surface area contributed by atoms with E-state index in [1.165, 1.54) is 5.56 Å². The van der Waals surface area contributed by atoms with Crippen LogP contribution in [0.1, 0.15) is 35.7 Å². The molecule has 0 unspecified atom stereocenters. The number of benzene rings is 3. The summed E-state index contributed by atoms with van der Waals surface area (Å²) >= 11 is 0. The summed E-state index contributed by atoms with van der Waals surface area (Å²) in [7, 11) is 0. The molecular weight excluding hydrogens is 320 g/mol. The molecule has 3 rings (SSSR count). The smallest absolute Gasteiger partial charge is 0.246 e. The van der Waals surface area contributed by atoms with Crippen LogP contribution in [0.5, 0.6) is 0 Å². The summed E-state index contributed by atoms with van der Waals surface area (Å²) in [6.07, 6.45) is 0. The van der Waals surface area contributed by atoms with Crippen LogP contribution in [-0.4, -0.2) is 5.91 Å². The highest BCUT2D eigenvalue weighted by Gasteiger charge is 2.23. The second kappa shape index (κ2) is 8.45. The Labute approximate surface area is 155 Å². The zero-order valence-electron chi connectivity index (χ0n) is 15.1. The van der Waals surface area contributed by atoms with E-state index in [4.69, 9.17) is 0 Å². The molecule has 2 N–H and O–H groups in total. The van der Waals surface area contributed by atoms with Crippen molar-refractivity contribution in [2.75, 3.05) is 5.32 Å². The summed E-state index contributed by atoms with van der Waals surface area (Å²) < 4.78 is 0. The van der Waals surface area contributed by atoms with Gasteiger partial charge in [-0.05, 0) is 37.1 Å². The fraction of sp³-hybridized carbons (Fsp3) is 0.174. The van der Waals surface area contributed by atoms with Crippen LogP contribution < -0.4 is 10.6 Å². The molecule has 0 spiro atoms. The number of carbonyl (C=O) groups is 1. The molecule has 3 aromatic rings. The Hall–Kier alpha value is -2.91. The maximum Gasteiger partial charge on any atom is 0.246 e. The van der Waals surface area contributed by atoms with Crippen LogP contribution in [0, 0.1) is 6.92 Å². The van der Waals surface area contributed by atoms with E-state index in [9.17, 15) is 4.79 Å². The van der Waals surface area contributed by atoms with Gasteiger partial charge in [0.15, 0.2) is 0 Å². The number of nitrogens with one attached hydrogen (secondary N) is 2. The fourth-order valence-electron chi connectivity index (χ4n) is 2.91. The van der Waals surface area contributed by atoms with E-state index < -0.39 is 6.04 Å². The number of rotatable bonds is 6. The molecule has 0 aliphatic rings. The molecule has 26 heavy (non-hydrogen) atoms. The minimum atomic E-state index is -0.437. The number of hydrogen-bond donors (Lipinski definition) is 2. The van der Waals surface area contributed by atoms with Crippen LogP contribution in [0.2, 0.25) is 0 Å². The third-order valence-electron chi connectivity index (χ3n) is 4.43. The molecule has 0 heterocycles. The minimum Gasteiger partial charge on any atom is -0.324 e. The first-order valence-corrected chi connectivity index (χ1v) is 8.87. The number of hydrogen-bond acceptors (Lipinski definition) is 2. The first-order chi connectivity index (χ1) is 12.6. The predicted octanol–water partition coefficient (Wildman–Crippen LogP) is 5.03. The minimum absolute atomic E-state index is 0.0465. The quantitative estimate of drug-likeness (QED) is 0.659. The summed E-state index contributed by atoms with van der Waals surface area (Å²) in [6.45, 7) is 4.10. The van der Waals surface area contributed by atoms with Crippen molar-refractivity contribution in [1.82, 2.24) is 5.32 Å². The summed E-state index contributed by atoms with van der Waals surface area (Å²) in [5.74, 6) is -0.0668. The van der Waals surface area contributed by atoms with Crippen molar-refractivity contribution in [3.63, 3.8) is 0 Å². The van der Waals surface area contributed by atoms with Gasteiger partial charge in [0, 0.05) is 11.7 Å². The van der Waals surface area contributed by atoms with Crippen molar-refractivity contribution in [2.24, 2.45) is 0 Å². The standard InChI is InChI=1S/C23H24N2O/c1-17-13-15-21(16-14-17)25-23(26)22(20-11-7-4-8-12-20)24-18(2)19-9-5-3-6-10-19/h3-16,18,22,24H,1-2H3,(H,25,26)/t18-,22-/m0/s1. The highest BCUT2D eigenvalue weighted by Crippen LogP contribution is 2.21. The average molecular weight is 344 g/mol. The lowest BCUT2D eigenvalue weighted by atomic mass is 10.0. The van der Waals surface area contributed by atoms with Gasteiger partial charge in [0.05, 0.1) is 0 Å². The van der Waals surface area contributed by atoms with Gasteiger partial charge in [-0.25, -0.2) is 0 Å². The van der Waals surface area contributed by atoms with Crippen molar-refractivity contribution in [3.8, 4) is 0 Å². The van der Waals surface area contributed by atoms with E-state index in [0.29, 0.717) is 0 Å². The van der Waals surface area contributed by atoms with Gasteiger partial charge in [0.25, 0.3) is 0 Å². The number of carbonyl (C=O) groups excluding carboxylic acids is 1. The van der Waals surface area contributed by atoms with Gasteiger partial charge in [0.1, 0.15) is 6.04 Å². The highest BCUT2D eigenvalue weighted by atomic mass is 16.2. The Morgan fingerprint density at radius 3 is 1.88 bits per heavy atom. The molecule has 2 atom stereocenters. The highest BCUT2D eigenvalue weighted by molar-refractivity contribution is 5.95. The molecule has 0 aromatic heterocycles. The molecule has 3 heteroatoms. The molecule has 1 amide bonds. The zero-order valence-corrected chi connectivity index (χ0v) is 15.1. The molecule has 0 saturated heterocycles. The molecule has 3 nitrogen and oxygen atoms in total. The average Bonchev–Trinajstić information content (AvgIpc) is 2.69. The molecule has 0 aliphatic heterocycles. The van der Waals surface area contributed by atoms with E-state index in [1.807, 2.05) is 79.7 Å². The van der Waals surface area contributed by atoms with Gasteiger partial charge in [0.2, 0.25) is 5.91 Å². The summed E-state index contributed by atoms with van der Waals surface area (Å²) in [6, 6.07) is 27.4. The SMILES string of the molecule is Cc1ccc(NC(=O)[C@@H](N[C@@H](C)c2ccccc2)c2ccccc2)cc1. The monoisotopic (exact) mass is 344 g/mol. The molecule has 0 saturated carbocycles. The third kappa shape index (κ3) is 4.58. The van der Waals surface area contributed by atoms with Crippen molar-refractivity contribution in [3.05, 3.63) is 102 Å².